The first-order valence-electron chi connectivity index (χ1n) is 5.70. The van der Waals surface area contributed by atoms with Crippen LogP contribution >= 0.6 is 0 Å². The fourth-order valence-corrected chi connectivity index (χ4v) is 1.32. The summed E-state index contributed by atoms with van der Waals surface area (Å²) in [6, 6.07) is 0. The third kappa shape index (κ3) is 11.2. The average molecular weight is 197 g/mol. The smallest absolute Gasteiger partial charge is 0.217 e. The lowest BCUT2D eigenvalue weighted by Gasteiger charge is -1.94. The van der Waals surface area contributed by atoms with Gasteiger partial charge in [0.05, 0.1) is 0 Å². The number of unbranched alkanes of at least 4 members (excludes halogenated alkanes) is 5. The van der Waals surface area contributed by atoms with Gasteiger partial charge in [-0.1, -0.05) is 38.3 Å². The van der Waals surface area contributed by atoms with Crippen molar-refractivity contribution in [2.75, 3.05) is 0 Å². The molecule has 0 unspecified atom stereocenters. The van der Waals surface area contributed by atoms with Crippen LogP contribution < -0.4 is 5.73 Å². The van der Waals surface area contributed by atoms with E-state index in [-0.39, 0.29) is 5.91 Å². The van der Waals surface area contributed by atoms with Gasteiger partial charge in [0.15, 0.2) is 0 Å². The molecule has 0 rings (SSSR count). The largest absolute Gasteiger partial charge is 0.370 e. The highest BCUT2D eigenvalue weighted by molar-refractivity contribution is 5.73. The molecule has 1 amide bonds. The molecular weight excluding hydrogens is 174 g/mol. The summed E-state index contributed by atoms with van der Waals surface area (Å²) in [5, 5.41) is 0. The van der Waals surface area contributed by atoms with Crippen LogP contribution in [0.1, 0.15) is 58.3 Å². The summed E-state index contributed by atoms with van der Waals surface area (Å²) in [5.41, 5.74) is 5.03. The van der Waals surface area contributed by atoms with Gasteiger partial charge < -0.3 is 5.73 Å². The Morgan fingerprint density at radius 3 is 2.29 bits per heavy atom. The van der Waals surface area contributed by atoms with Gasteiger partial charge in [0, 0.05) is 6.42 Å². The van der Waals surface area contributed by atoms with Crippen LogP contribution in [0.3, 0.4) is 0 Å². The topological polar surface area (TPSA) is 43.1 Å². The Bertz CT molecular complexity index is 164. The van der Waals surface area contributed by atoms with E-state index in [0.717, 1.165) is 12.8 Å². The number of rotatable bonds is 9. The highest BCUT2D eigenvalue weighted by Gasteiger charge is 1.90. The van der Waals surface area contributed by atoms with Crippen molar-refractivity contribution >= 4 is 5.91 Å². The maximum absolute atomic E-state index is 10.4. The van der Waals surface area contributed by atoms with Gasteiger partial charge in [-0.25, -0.2) is 0 Å². The lowest BCUT2D eigenvalue weighted by Crippen LogP contribution is -2.09. The molecule has 0 saturated carbocycles. The van der Waals surface area contributed by atoms with Gasteiger partial charge in [-0.2, -0.15) is 0 Å². The van der Waals surface area contributed by atoms with E-state index in [1.807, 2.05) is 0 Å². The Morgan fingerprint density at radius 2 is 1.71 bits per heavy atom. The van der Waals surface area contributed by atoms with Crippen molar-refractivity contribution in [2.45, 2.75) is 58.3 Å². The molecular formula is C12H23NO. The fraction of sp³-hybridized carbons (Fsp3) is 0.750. The van der Waals surface area contributed by atoms with Crippen LogP contribution in [-0.4, -0.2) is 5.91 Å². The molecule has 0 aromatic carbocycles. The molecule has 2 N–H and O–H groups in total. The second kappa shape index (κ2) is 10.3. The molecule has 14 heavy (non-hydrogen) atoms. The van der Waals surface area contributed by atoms with Gasteiger partial charge in [-0.05, 0) is 25.7 Å². The average Bonchev–Trinajstić information content (AvgIpc) is 2.15. The maximum Gasteiger partial charge on any atom is 0.217 e. The summed E-state index contributed by atoms with van der Waals surface area (Å²) in [4.78, 5) is 10.4. The van der Waals surface area contributed by atoms with Gasteiger partial charge in [0.25, 0.3) is 0 Å². The van der Waals surface area contributed by atoms with Crippen LogP contribution in [0.25, 0.3) is 0 Å². The van der Waals surface area contributed by atoms with Gasteiger partial charge in [-0.15, -0.1) is 0 Å². The summed E-state index contributed by atoms with van der Waals surface area (Å²) >= 11 is 0. The highest BCUT2D eigenvalue weighted by Crippen LogP contribution is 2.04. The van der Waals surface area contributed by atoms with E-state index in [9.17, 15) is 4.79 Å². The third-order valence-corrected chi connectivity index (χ3v) is 2.18. The van der Waals surface area contributed by atoms with Crippen LogP contribution in [0.5, 0.6) is 0 Å². The van der Waals surface area contributed by atoms with Crippen molar-refractivity contribution in [3.05, 3.63) is 12.2 Å². The van der Waals surface area contributed by atoms with E-state index < -0.39 is 0 Å². The third-order valence-electron chi connectivity index (χ3n) is 2.18. The number of allylic oxidation sites excluding steroid dienone is 2. The summed E-state index contributed by atoms with van der Waals surface area (Å²) < 4.78 is 0. The van der Waals surface area contributed by atoms with Crippen molar-refractivity contribution in [1.29, 1.82) is 0 Å². The number of nitrogens with two attached hydrogens (primary N) is 1. The van der Waals surface area contributed by atoms with Crippen LogP contribution in [0.15, 0.2) is 12.2 Å². The molecule has 0 aromatic rings. The summed E-state index contributed by atoms with van der Waals surface area (Å²) in [6.45, 7) is 2.22. The Kier molecular flexibility index (Phi) is 9.71. The van der Waals surface area contributed by atoms with E-state index in [1.165, 1.54) is 32.1 Å². The van der Waals surface area contributed by atoms with Crippen molar-refractivity contribution in [3.8, 4) is 0 Å². The summed E-state index contributed by atoms with van der Waals surface area (Å²) in [5.74, 6) is -0.193. The molecule has 0 aliphatic heterocycles. The van der Waals surface area contributed by atoms with Crippen LogP contribution in [0.2, 0.25) is 0 Å². The number of amides is 1. The van der Waals surface area contributed by atoms with Gasteiger partial charge >= 0.3 is 0 Å². The number of hydrogen-bond donors (Lipinski definition) is 1. The molecule has 0 heterocycles. The zero-order valence-electron chi connectivity index (χ0n) is 9.30. The SMILES string of the molecule is CCCCCCC=CCCCC(N)=O. The quantitative estimate of drug-likeness (QED) is 0.448. The Balaban J connectivity index is 3.07. The lowest BCUT2D eigenvalue weighted by molar-refractivity contribution is -0.118. The molecule has 0 aliphatic rings. The Morgan fingerprint density at radius 1 is 1.07 bits per heavy atom. The predicted molar refractivity (Wildman–Crippen MR) is 60.9 cm³/mol. The Hall–Kier alpha value is -0.790. The Labute approximate surface area is 87.6 Å². The van der Waals surface area contributed by atoms with Crippen LogP contribution in [-0.2, 0) is 4.79 Å². The standard InChI is InChI=1S/C12H23NO/c1-2-3-4-5-6-7-8-9-10-11-12(13)14/h7-8H,2-6,9-11H2,1H3,(H2,13,14). The van der Waals surface area contributed by atoms with Crippen molar-refractivity contribution < 1.29 is 4.79 Å². The van der Waals surface area contributed by atoms with E-state index in [4.69, 9.17) is 5.73 Å². The zero-order valence-corrected chi connectivity index (χ0v) is 9.30. The van der Waals surface area contributed by atoms with E-state index in [1.54, 1.807) is 0 Å². The van der Waals surface area contributed by atoms with E-state index in [0.29, 0.717) is 6.42 Å². The molecule has 0 bridgehead atoms. The molecule has 0 radical (unpaired) electrons. The van der Waals surface area contributed by atoms with Gasteiger partial charge in [-0.3, -0.25) is 4.79 Å². The van der Waals surface area contributed by atoms with Crippen molar-refractivity contribution in [1.82, 2.24) is 0 Å². The zero-order chi connectivity index (χ0) is 10.6. The first-order valence-corrected chi connectivity index (χ1v) is 5.70. The molecule has 0 spiro atoms. The van der Waals surface area contributed by atoms with Crippen molar-refractivity contribution in [2.24, 2.45) is 5.73 Å². The number of hydrogen-bond acceptors (Lipinski definition) is 1. The molecule has 0 aromatic heterocycles. The van der Waals surface area contributed by atoms with E-state index in [2.05, 4.69) is 19.1 Å². The first kappa shape index (κ1) is 13.2. The minimum absolute atomic E-state index is 0.193. The van der Waals surface area contributed by atoms with E-state index >= 15 is 0 Å². The van der Waals surface area contributed by atoms with Crippen LogP contribution in [0.4, 0.5) is 0 Å². The normalized spacial score (nSPS) is 10.9. The molecule has 0 fully saturated rings. The predicted octanol–water partition coefficient (Wildman–Crippen LogP) is 3.17. The summed E-state index contributed by atoms with van der Waals surface area (Å²) in [7, 11) is 0. The van der Waals surface area contributed by atoms with Crippen molar-refractivity contribution in [3.63, 3.8) is 0 Å². The van der Waals surface area contributed by atoms with Gasteiger partial charge in [0.2, 0.25) is 5.91 Å². The number of carbonyl (C=O) groups excluding carboxylic acids is 1. The number of primary amides is 1. The lowest BCUT2D eigenvalue weighted by atomic mass is 10.1. The van der Waals surface area contributed by atoms with Crippen LogP contribution in [0, 0.1) is 0 Å². The monoisotopic (exact) mass is 197 g/mol. The maximum atomic E-state index is 10.4. The minimum Gasteiger partial charge on any atom is -0.370 e. The molecule has 2 nitrogen and oxygen atoms in total. The first-order chi connectivity index (χ1) is 6.77. The molecule has 0 saturated heterocycles. The van der Waals surface area contributed by atoms with Gasteiger partial charge in [0.1, 0.15) is 0 Å². The molecule has 0 atom stereocenters. The molecule has 82 valence electrons. The highest BCUT2D eigenvalue weighted by atomic mass is 16.1. The minimum atomic E-state index is -0.193. The second-order valence-electron chi connectivity index (χ2n) is 3.68. The fourth-order valence-electron chi connectivity index (χ4n) is 1.32. The molecule has 2 heteroatoms. The molecule has 0 aliphatic carbocycles. The summed E-state index contributed by atoms with van der Waals surface area (Å²) in [6.07, 6.45) is 13.2. The number of carbonyl (C=O) groups is 1. The second-order valence-corrected chi connectivity index (χ2v) is 3.68.